The first-order valence-corrected chi connectivity index (χ1v) is 8.37. The highest BCUT2D eigenvalue weighted by Gasteiger charge is 2.39. The minimum atomic E-state index is -0.393. The summed E-state index contributed by atoms with van der Waals surface area (Å²) in [6.07, 6.45) is 4.94. The van der Waals surface area contributed by atoms with E-state index in [1.807, 2.05) is 0 Å². The molecule has 2 aliphatic rings. The van der Waals surface area contributed by atoms with Crippen molar-refractivity contribution in [2.75, 3.05) is 11.1 Å². The molecule has 2 unspecified atom stereocenters. The molecule has 0 bridgehead atoms. The van der Waals surface area contributed by atoms with Crippen molar-refractivity contribution in [3.8, 4) is 0 Å². The van der Waals surface area contributed by atoms with E-state index in [4.69, 9.17) is 16.6 Å². The summed E-state index contributed by atoms with van der Waals surface area (Å²) < 4.78 is 13.1. The number of hydrogen-bond acceptors (Lipinski definition) is 3. The second kappa shape index (κ2) is 5.57. The highest BCUT2D eigenvalue weighted by Crippen LogP contribution is 2.42. The van der Waals surface area contributed by atoms with Gasteiger partial charge in [0.25, 0.3) is 0 Å². The molecule has 2 nitrogen and oxygen atoms in total. The molecule has 3 rings (SSSR count). The van der Waals surface area contributed by atoms with E-state index in [2.05, 4.69) is 12.2 Å². The summed E-state index contributed by atoms with van der Waals surface area (Å²) in [6.45, 7) is 2.31. The summed E-state index contributed by atoms with van der Waals surface area (Å²) in [7, 11) is 0. The van der Waals surface area contributed by atoms with E-state index in [1.165, 1.54) is 31.7 Å². The maximum Gasteiger partial charge on any atom is 0.161 e. The van der Waals surface area contributed by atoms with Gasteiger partial charge in [-0.2, -0.15) is 0 Å². The van der Waals surface area contributed by atoms with Crippen LogP contribution in [0.5, 0.6) is 0 Å². The lowest BCUT2D eigenvalue weighted by atomic mass is 9.78. The van der Waals surface area contributed by atoms with Crippen LogP contribution in [0.2, 0.25) is 5.02 Å². The van der Waals surface area contributed by atoms with Crippen LogP contribution in [-0.4, -0.2) is 16.5 Å². The lowest BCUT2D eigenvalue weighted by molar-refractivity contribution is 0.266. The van der Waals surface area contributed by atoms with Crippen LogP contribution in [0.15, 0.2) is 23.2 Å². The predicted octanol–water partition coefficient (Wildman–Crippen LogP) is 4.94. The van der Waals surface area contributed by atoms with Crippen molar-refractivity contribution in [2.24, 2.45) is 10.9 Å². The smallest absolute Gasteiger partial charge is 0.161 e. The van der Waals surface area contributed by atoms with Gasteiger partial charge in [0.05, 0.1) is 10.6 Å². The zero-order valence-electron chi connectivity index (χ0n) is 11.5. The van der Waals surface area contributed by atoms with Crippen molar-refractivity contribution in [1.29, 1.82) is 0 Å². The highest BCUT2D eigenvalue weighted by atomic mass is 35.5. The number of nitrogens with zero attached hydrogens (tertiary/aromatic N) is 1. The fourth-order valence-electron chi connectivity index (χ4n) is 3.11. The van der Waals surface area contributed by atoms with E-state index in [-0.39, 0.29) is 10.6 Å². The fraction of sp³-hybridized carbons (Fsp3) is 0.533. The van der Waals surface area contributed by atoms with E-state index in [0.717, 1.165) is 22.5 Å². The molecule has 0 aromatic heterocycles. The summed E-state index contributed by atoms with van der Waals surface area (Å²) in [5.41, 5.74) is 0.914. The van der Waals surface area contributed by atoms with Gasteiger partial charge in [-0.05, 0) is 37.0 Å². The zero-order chi connectivity index (χ0) is 14.2. The van der Waals surface area contributed by atoms with Gasteiger partial charge >= 0.3 is 0 Å². The number of benzene rings is 1. The Hall–Kier alpha value is -0.740. The van der Waals surface area contributed by atoms with Gasteiger partial charge in [0.1, 0.15) is 5.82 Å². The molecule has 1 N–H and O–H groups in total. The molecule has 2 atom stereocenters. The molecule has 0 radical (unpaired) electrons. The third-order valence-electron chi connectivity index (χ3n) is 4.05. The van der Waals surface area contributed by atoms with E-state index in [0.29, 0.717) is 0 Å². The third-order valence-corrected chi connectivity index (χ3v) is 5.49. The molecule has 1 aliphatic carbocycles. The first-order valence-electron chi connectivity index (χ1n) is 7.01. The predicted molar refractivity (Wildman–Crippen MR) is 85.3 cm³/mol. The maximum absolute atomic E-state index is 13.1. The Labute approximate surface area is 128 Å². The second-order valence-corrected chi connectivity index (χ2v) is 7.26. The van der Waals surface area contributed by atoms with Crippen LogP contribution in [0.4, 0.5) is 10.1 Å². The molecule has 1 fully saturated rings. The van der Waals surface area contributed by atoms with Gasteiger partial charge < -0.3 is 5.32 Å². The fourth-order valence-corrected chi connectivity index (χ4v) is 4.47. The minimum absolute atomic E-state index is 0.120. The molecule has 20 heavy (non-hydrogen) atoms. The zero-order valence-corrected chi connectivity index (χ0v) is 13.0. The lowest BCUT2D eigenvalue weighted by Crippen LogP contribution is -2.33. The first-order chi connectivity index (χ1) is 9.56. The molecule has 1 aromatic rings. The summed E-state index contributed by atoms with van der Waals surface area (Å²) in [4.78, 5) is 4.91. The van der Waals surface area contributed by atoms with Crippen LogP contribution >= 0.6 is 23.4 Å². The molecule has 0 saturated heterocycles. The van der Waals surface area contributed by atoms with E-state index >= 15 is 0 Å². The molecule has 5 heteroatoms. The molecule has 1 aromatic carbocycles. The van der Waals surface area contributed by atoms with Gasteiger partial charge in [0.15, 0.2) is 5.17 Å². The highest BCUT2D eigenvalue weighted by molar-refractivity contribution is 8.14. The first kappa shape index (κ1) is 14.2. The van der Waals surface area contributed by atoms with Crippen LogP contribution in [0.1, 0.15) is 32.6 Å². The number of anilines is 1. The molecular formula is C15H18ClFN2S. The number of amidine groups is 1. The number of halogens is 2. The summed E-state index contributed by atoms with van der Waals surface area (Å²) in [6, 6.07) is 4.68. The summed E-state index contributed by atoms with van der Waals surface area (Å²) in [5, 5.41) is 4.33. The second-order valence-electron chi connectivity index (χ2n) is 5.89. The van der Waals surface area contributed by atoms with Crippen molar-refractivity contribution >= 4 is 34.2 Å². The van der Waals surface area contributed by atoms with Crippen LogP contribution in [0.25, 0.3) is 0 Å². The quantitative estimate of drug-likeness (QED) is 0.794. The monoisotopic (exact) mass is 312 g/mol. The number of hydrogen-bond donors (Lipinski definition) is 1. The Morgan fingerprint density at radius 2 is 2.35 bits per heavy atom. The lowest BCUT2D eigenvalue weighted by Gasteiger charge is -2.33. The number of thioether (sulfide) groups is 1. The topological polar surface area (TPSA) is 24.4 Å². The van der Waals surface area contributed by atoms with Gasteiger partial charge in [-0.1, -0.05) is 43.1 Å². The maximum atomic E-state index is 13.1. The Morgan fingerprint density at radius 3 is 3.10 bits per heavy atom. The average Bonchev–Trinajstić information content (AvgIpc) is 2.76. The van der Waals surface area contributed by atoms with Gasteiger partial charge in [-0.15, -0.1) is 0 Å². The summed E-state index contributed by atoms with van der Waals surface area (Å²) in [5.74, 6) is 1.41. The molecule has 1 saturated carbocycles. The Bertz CT molecular complexity index is 549. The van der Waals surface area contributed by atoms with Gasteiger partial charge in [0.2, 0.25) is 0 Å². The SMILES string of the molecule is CC1CCCC2(CSC(Nc3ccc(F)c(Cl)c3)=N2)C1. The standard InChI is InChI=1S/C15H18ClFN2S/c1-10-3-2-6-15(8-10)9-20-14(19-15)18-11-4-5-13(17)12(16)7-11/h4-5,7,10H,2-3,6,8-9H2,1H3,(H,18,19). The third kappa shape index (κ3) is 2.96. The van der Waals surface area contributed by atoms with Crippen molar-refractivity contribution in [1.82, 2.24) is 0 Å². The van der Waals surface area contributed by atoms with Gasteiger partial charge in [-0.3, -0.25) is 4.99 Å². The van der Waals surface area contributed by atoms with Crippen molar-refractivity contribution in [2.45, 2.75) is 38.1 Å². The van der Waals surface area contributed by atoms with E-state index in [9.17, 15) is 4.39 Å². The van der Waals surface area contributed by atoms with Gasteiger partial charge in [0, 0.05) is 11.4 Å². The molecular weight excluding hydrogens is 295 g/mol. The normalized spacial score (nSPS) is 29.6. The summed E-state index contributed by atoms with van der Waals surface area (Å²) >= 11 is 7.56. The number of rotatable bonds is 1. The van der Waals surface area contributed by atoms with Crippen LogP contribution in [-0.2, 0) is 0 Å². The molecule has 1 aliphatic heterocycles. The molecule has 0 amide bonds. The Balaban J connectivity index is 1.73. The molecule has 108 valence electrons. The molecule has 1 spiro atoms. The van der Waals surface area contributed by atoms with Crippen molar-refractivity contribution in [3.63, 3.8) is 0 Å². The molecule has 1 heterocycles. The van der Waals surface area contributed by atoms with Crippen molar-refractivity contribution < 1.29 is 4.39 Å². The van der Waals surface area contributed by atoms with E-state index < -0.39 is 5.82 Å². The van der Waals surface area contributed by atoms with Crippen LogP contribution in [0, 0.1) is 11.7 Å². The van der Waals surface area contributed by atoms with E-state index in [1.54, 1.807) is 23.9 Å². The number of aliphatic imine (C=N–C) groups is 1. The average molecular weight is 313 g/mol. The number of nitrogens with one attached hydrogen (secondary N) is 1. The van der Waals surface area contributed by atoms with Gasteiger partial charge in [-0.25, -0.2) is 4.39 Å². The van der Waals surface area contributed by atoms with Crippen LogP contribution in [0.3, 0.4) is 0 Å². The van der Waals surface area contributed by atoms with Crippen molar-refractivity contribution in [3.05, 3.63) is 29.0 Å². The largest absolute Gasteiger partial charge is 0.335 e. The minimum Gasteiger partial charge on any atom is -0.335 e. The Kier molecular flexibility index (Phi) is 3.95. The van der Waals surface area contributed by atoms with Crippen LogP contribution < -0.4 is 5.32 Å². The Morgan fingerprint density at radius 1 is 1.50 bits per heavy atom.